The molecular weight excluding hydrogens is 234 g/mol. The Kier molecular flexibility index (Phi) is 6.22. The van der Waals surface area contributed by atoms with Gasteiger partial charge in [0.2, 0.25) is 0 Å². The number of nitrogens with zero attached hydrogens (tertiary/aromatic N) is 1. The molecule has 0 amide bonds. The second-order valence-corrected chi connectivity index (χ2v) is 5.07. The molecule has 1 rings (SSSR count). The molecule has 1 N–H and O–H groups in total. The van der Waals surface area contributed by atoms with Gasteiger partial charge < -0.3 is 10.2 Å². The molecule has 4 heteroatoms. The number of rotatable bonds is 7. The third kappa shape index (κ3) is 5.56. The van der Waals surface area contributed by atoms with Crippen LogP contribution in [0.2, 0.25) is 0 Å². The summed E-state index contributed by atoms with van der Waals surface area (Å²) in [7, 11) is 1.90. The van der Waals surface area contributed by atoms with Gasteiger partial charge in [-0.3, -0.25) is 0 Å². The topological polar surface area (TPSA) is 15.3 Å². The van der Waals surface area contributed by atoms with Crippen LogP contribution >= 0.6 is 0 Å². The first-order chi connectivity index (χ1) is 8.49. The summed E-state index contributed by atoms with van der Waals surface area (Å²) in [5.41, 5.74) is 0.404. The Bertz CT molecular complexity index is 367. The summed E-state index contributed by atoms with van der Waals surface area (Å²) in [5.74, 6) is -0.118. The van der Waals surface area contributed by atoms with Gasteiger partial charge in [0.15, 0.2) is 0 Å². The molecule has 18 heavy (non-hydrogen) atoms. The lowest BCUT2D eigenvalue weighted by Gasteiger charge is -2.18. The Morgan fingerprint density at radius 3 is 2.67 bits per heavy atom. The molecule has 0 bridgehead atoms. The number of halogens is 2. The summed E-state index contributed by atoms with van der Waals surface area (Å²) in [6.45, 7) is 7.36. The van der Waals surface area contributed by atoms with Crippen LogP contribution in [0.3, 0.4) is 0 Å². The van der Waals surface area contributed by atoms with Gasteiger partial charge in [0, 0.05) is 25.2 Å². The zero-order chi connectivity index (χ0) is 13.5. The zero-order valence-electron chi connectivity index (χ0n) is 11.3. The molecule has 0 saturated heterocycles. The molecule has 1 aromatic carbocycles. The zero-order valence-corrected chi connectivity index (χ0v) is 11.3. The van der Waals surface area contributed by atoms with Gasteiger partial charge in [0.25, 0.3) is 0 Å². The summed E-state index contributed by atoms with van der Waals surface area (Å²) >= 11 is 0. The van der Waals surface area contributed by atoms with Crippen molar-refractivity contribution < 1.29 is 8.78 Å². The third-order valence-corrected chi connectivity index (χ3v) is 2.67. The number of benzene rings is 1. The number of hydrogen-bond donors (Lipinski definition) is 1. The van der Waals surface area contributed by atoms with Crippen LogP contribution in [0, 0.1) is 17.6 Å². The monoisotopic (exact) mass is 256 g/mol. The van der Waals surface area contributed by atoms with E-state index in [4.69, 9.17) is 0 Å². The summed E-state index contributed by atoms with van der Waals surface area (Å²) in [4.78, 5) is 1.98. The number of likely N-dealkylation sites (N-methyl/N-ethyl adjacent to an activating group) is 1. The molecule has 0 radical (unpaired) electrons. The van der Waals surface area contributed by atoms with Gasteiger partial charge >= 0.3 is 0 Å². The maximum absolute atomic E-state index is 13.4. The highest BCUT2D eigenvalue weighted by atomic mass is 19.1. The Balaban J connectivity index is 2.35. The lowest BCUT2D eigenvalue weighted by atomic mass is 10.2. The van der Waals surface area contributed by atoms with Gasteiger partial charge in [-0.25, -0.2) is 8.78 Å². The van der Waals surface area contributed by atoms with E-state index < -0.39 is 5.82 Å². The lowest BCUT2D eigenvalue weighted by molar-refractivity contribution is 0.316. The predicted molar refractivity (Wildman–Crippen MR) is 70.4 cm³/mol. The van der Waals surface area contributed by atoms with Gasteiger partial charge in [0.05, 0.1) is 0 Å². The first-order valence-electron chi connectivity index (χ1n) is 6.32. The molecule has 0 aliphatic rings. The molecular formula is C14H22F2N2. The molecule has 0 fully saturated rings. The summed E-state index contributed by atoms with van der Waals surface area (Å²) in [5, 5.41) is 3.32. The van der Waals surface area contributed by atoms with Crippen LogP contribution in [0.4, 0.5) is 8.78 Å². The maximum Gasteiger partial charge on any atom is 0.127 e. The average Bonchev–Trinajstić information content (AvgIpc) is 2.29. The van der Waals surface area contributed by atoms with Gasteiger partial charge in [0.1, 0.15) is 11.6 Å². The molecule has 0 spiro atoms. The van der Waals surface area contributed by atoms with Crippen LogP contribution in [0.5, 0.6) is 0 Å². The Hall–Kier alpha value is -1.00. The molecule has 0 aliphatic heterocycles. The SMILES string of the molecule is CC(C)CNCCN(C)Cc1cc(F)ccc1F. The molecule has 0 saturated carbocycles. The number of nitrogens with one attached hydrogen (secondary N) is 1. The maximum atomic E-state index is 13.4. The summed E-state index contributed by atoms with van der Waals surface area (Å²) < 4.78 is 26.4. The Labute approximate surface area is 108 Å². The molecule has 1 aromatic rings. The lowest BCUT2D eigenvalue weighted by Crippen LogP contribution is -2.31. The van der Waals surface area contributed by atoms with E-state index in [1.807, 2.05) is 11.9 Å². The molecule has 0 heterocycles. The second kappa shape index (κ2) is 7.44. The molecule has 0 aliphatic carbocycles. The van der Waals surface area contributed by atoms with Crippen LogP contribution in [0.15, 0.2) is 18.2 Å². The van der Waals surface area contributed by atoms with Gasteiger partial charge in [-0.05, 0) is 37.7 Å². The first-order valence-corrected chi connectivity index (χ1v) is 6.32. The van der Waals surface area contributed by atoms with Crippen LogP contribution in [0.25, 0.3) is 0 Å². The molecule has 0 atom stereocenters. The van der Waals surface area contributed by atoms with E-state index in [-0.39, 0.29) is 5.82 Å². The van der Waals surface area contributed by atoms with Crippen molar-refractivity contribution >= 4 is 0 Å². The van der Waals surface area contributed by atoms with Crippen molar-refractivity contribution in [2.24, 2.45) is 5.92 Å². The standard InChI is InChI=1S/C14H22F2N2/c1-11(2)9-17-6-7-18(3)10-12-8-13(15)4-5-14(12)16/h4-5,8,11,17H,6-7,9-10H2,1-3H3. The van der Waals surface area contributed by atoms with Gasteiger partial charge in [-0.2, -0.15) is 0 Å². The van der Waals surface area contributed by atoms with E-state index in [1.165, 1.54) is 12.1 Å². The normalized spacial score (nSPS) is 11.5. The smallest absolute Gasteiger partial charge is 0.127 e. The molecule has 0 aromatic heterocycles. The summed E-state index contributed by atoms with van der Waals surface area (Å²) in [6, 6.07) is 3.58. The fourth-order valence-corrected chi connectivity index (χ4v) is 1.69. The fourth-order valence-electron chi connectivity index (χ4n) is 1.69. The van der Waals surface area contributed by atoms with Gasteiger partial charge in [-0.1, -0.05) is 13.8 Å². The van der Waals surface area contributed by atoms with Crippen LogP contribution < -0.4 is 5.32 Å². The van der Waals surface area contributed by atoms with Crippen LogP contribution in [0.1, 0.15) is 19.4 Å². The molecule has 102 valence electrons. The van der Waals surface area contributed by atoms with Crippen LogP contribution in [-0.2, 0) is 6.54 Å². The average molecular weight is 256 g/mol. The predicted octanol–water partition coefficient (Wildman–Crippen LogP) is 2.64. The minimum absolute atomic E-state index is 0.349. The largest absolute Gasteiger partial charge is 0.315 e. The Morgan fingerprint density at radius 2 is 2.00 bits per heavy atom. The van der Waals surface area contributed by atoms with E-state index in [1.54, 1.807) is 0 Å². The highest BCUT2D eigenvalue weighted by molar-refractivity contribution is 5.18. The molecule has 2 nitrogen and oxygen atoms in total. The van der Waals surface area contributed by atoms with Crippen LogP contribution in [-0.4, -0.2) is 31.6 Å². The Morgan fingerprint density at radius 1 is 1.28 bits per heavy atom. The van der Waals surface area contributed by atoms with Crippen molar-refractivity contribution in [2.75, 3.05) is 26.7 Å². The third-order valence-electron chi connectivity index (χ3n) is 2.67. The fraction of sp³-hybridized carbons (Fsp3) is 0.571. The highest BCUT2D eigenvalue weighted by Crippen LogP contribution is 2.11. The van der Waals surface area contributed by atoms with Gasteiger partial charge in [-0.15, -0.1) is 0 Å². The highest BCUT2D eigenvalue weighted by Gasteiger charge is 2.07. The van der Waals surface area contributed by atoms with E-state index in [9.17, 15) is 8.78 Å². The van der Waals surface area contributed by atoms with Crippen molar-refractivity contribution in [3.05, 3.63) is 35.4 Å². The van der Waals surface area contributed by atoms with E-state index in [2.05, 4.69) is 19.2 Å². The van der Waals surface area contributed by atoms with E-state index >= 15 is 0 Å². The van der Waals surface area contributed by atoms with Crippen molar-refractivity contribution in [1.82, 2.24) is 10.2 Å². The van der Waals surface area contributed by atoms with E-state index in [0.717, 1.165) is 25.7 Å². The number of hydrogen-bond acceptors (Lipinski definition) is 2. The van der Waals surface area contributed by atoms with Crippen molar-refractivity contribution in [1.29, 1.82) is 0 Å². The minimum Gasteiger partial charge on any atom is -0.315 e. The first kappa shape index (κ1) is 15.1. The van der Waals surface area contributed by atoms with Crippen molar-refractivity contribution in [3.63, 3.8) is 0 Å². The van der Waals surface area contributed by atoms with E-state index in [0.29, 0.717) is 18.0 Å². The summed E-state index contributed by atoms with van der Waals surface area (Å²) in [6.07, 6.45) is 0. The van der Waals surface area contributed by atoms with Crippen molar-refractivity contribution in [2.45, 2.75) is 20.4 Å². The minimum atomic E-state index is -0.391. The second-order valence-electron chi connectivity index (χ2n) is 5.07. The molecule has 0 unspecified atom stereocenters. The van der Waals surface area contributed by atoms with Crippen molar-refractivity contribution in [3.8, 4) is 0 Å². The quantitative estimate of drug-likeness (QED) is 0.754.